The quantitative estimate of drug-likeness (QED) is 0.833. The monoisotopic (exact) mass is 279 g/mol. The van der Waals surface area contributed by atoms with Crippen molar-refractivity contribution in [1.29, 1.82) is 0 Å². The van der Waals surface area contributed by atoms with Gasteiger partial charge in [0.2, 0.25) is 0 Å². The van der Waals surface area contributed by atoms with Crippen molar-refractivity contribution in [3.8, 4) is 0 Å². The van der Waals surface area contributed by atoms with Gasteiger partial charge in [-0.2, -0.15) is 0 Å². The van der Waals surface area contributed by atoms with Crippen molar-refractivity contribution in [3.63, 3.8) is 0 Å². The van der Waals surface area contributed by atoms with E-state index in [0.29, 0.717) is 0 Å². The lowest BCUT2D eigenvalue weighted by molar-refractivity contribution is 0.0616. The molecule has 3 heterocycles. The predicted molar refractivity (Wildman–Crippen MR) is 85.1 cm³/mol. The first kappa shape index (κ1) is 14.8. The normalized spacial score (nSPS) is 35.9. The molecule has 1 N–H and O–H groups in total. The maximum Gasteiger partial charge on any atom is 0.0125 e. The van der Waals surface area contributed by atoms with Crippen molar-refractivity contribution in [2.45, 2.75) is 70.0 Å². The number of fused-ring (bicyclic) bond motifs is 2. The van der Waals surface area contributed by atoms with Gasteiger partial charge in [-0.3, -0.25) is 0 Å². The lowest BCUT2D eigenvalue weighted by atomic mass is 9.92. The van der Waals surface area contributed by atoms with Crippen LogP contribution in [0.4, 0.5) is 0 Å². The minimum Gasteiger partial charge on any atom is -0.317 e. The first-order valence-electron chi connectivity index (χ1n) is 8.94. The van der Waals surface area contributed by atoms with Gasteiger partial charge in [-0.05, 0) is 77.5 Å². The van der Waals surface area contributed by atoms with E-state index in [2.05, 4.69) is 29.1 Å². The molecule has 0 radical (unpaired) electrons. The molecular weight excluding hydrogens is 246 g/mol. The highest BCUT2D eigenvalue weighted by atomic mass is 15.2. The Balaban J connectivity index is 1.58. The van der Waals surface area contributed by atoms with Crippen LogP contribution in [0.3, 0.4) is 0 Å². The molecule has 0 aromatic carbocycles. The lowest BCUT2D eigenvalue weighted by Crippen LogP contribution is -2.50. The van der Waals surface area contributed by atoms with Crippen molar-refractivity contribution < 1.29 is 0 Å². The molecule has 0 aromatic rings. The third-order valence-electron chi connectivity index (χ3n) is 6.05. The highest BCUT2D eigenvalue weighted by Crippen LogP contribution is 2.36. The average molecular weight is 279 g/mol. The molecule has 3 fully saturated rings. The fourth-order valence-electron chi connectivity index (χ4n) is 4.79. The van der Waals surface area contributed by atoms with Gasteiger partial charge in [0.25, 0.3) is 0 Å². The Labute approximate surface area is 125 Å². The van der Waals surface area contributed by atoms with E-state index < -0.39 is 0 Å². The number of nitrogens with zero attached hydrogens (tertiary/aromatic N) is 2. The Morgan fingerprint density at radius 1 is 1.05 bits per heavy atom. The summed E-state index contributed by atoms with van der Waals surface area (Å²) in [6.07, 6.45) is 9.85. The number of hydrogen-bond donors (Lipinski definition) is 1. The fourth-order valence-corrected chi connectivity index (χ4v) is 4.79. The topological polar surface area (TPSA) is 18.5 Å². The van der Waals surface area contributed by atoms with Crippen LogP contribution < -0.4 is 5.32 Å². The number of rotatable bonds is 5. The van der Waals surface area contributed by atoms with Crippen molar-refractivity contribution >= 4 is 0 Å². The van der Waals surface area contributed by atoms with Crippen molar-refractivity contribution in [2.24, 2.45) is 5.92 Å². The zero-order valence-electron chi connectivity index (χ0n) is 13.5. The Morgan fingerprint density at radius 3 is 2.30 bits per heavy atom. The van der Waals surface area contributed by atoms with E-state index in [1.165, 1.54) is 71.1 Å². The summed E-state index contributed by atoms with van der Waals surface area (Å²) >= 11 is 0. The molecule has 3 saturated heterocycles. The molecule has 2 bridgehead atoms. The molecule has 2 unspecified atom stereocenters. The van der Waals surface area contributed by atoms with Gasteiger partial charge in [-0.25, -0.2) is 0 Å². The molecule has 3 heteroatoms. The Bertz CT molecular complexity index is 287. The summed E-state index contributed by atoms with van der Waals surface area (Å²) in [7, 11) is 2.36. The summed E-state index contributed by atoms with van der Waals surface area (Å²) in [5.74, 6) is 0.945. The van der Waals surface area contributed by atoms with Crippen LogP contribution in [0, 0.1) is 5.92 Å². The minimum atomic E-state index is 0.874. The molecule has 0 amide bonds. The van der Waals surface area contributed by atoms with E-state index in [0.717, 1.165) is 24.0 Å². The number of piperidine rings is 2. The molecule has 0 saturated carbocycles. The standard InChI is InChI=1S/C17H33N3/c1-3-10-20(13-14-6-8-18-9-7-14)17-11-15-4-5-16(12-17)19(15)2/h14-18H,3-13H2,1-2H3. The van der Waals surface area contributed by atoms with Crippen LogP contribution in [0.15, 0.2) is 0 Å². The average Bonchev–Trinajstić information content (AvgIpc) is 2.69. The summed E-state index contributed by atoms with van der Waals surface area (Å²) in [6.45, 7) is 7.51. The largest absolute Gasteiger partial charge is 0.317 e. The van der Waals surface area contributed by atoms with E-state index >= 15 is 0 Å². The molecule has 0 aliphatic carbocycles. The molecule has 3 nitrogen and oxygen atoms in total. The van der Waals surface area contributed by atoms with E-state index in [1.807, 2.05) is 0 Å². The molecular formula is C17H33N3. The third-order valence-corrected chi connectivity index (χ3v) is 6.05. The fraction of sp³-hybridized carbons (Fsp3) is 1.00. The molecule has 2 atom stereocenters. The van der Waals surface area contributed by atoms with E-state index in [1.54, 1.807) is 0 Å². The van der Waals surface area contributed by atoms with E-state index in [9.17, 15) is 0 Å². The van der Waals surface area contributed by atoms with Crippen LogP contribution in [0.5, 0.6) is 0 Å². The van der Waals surface area contributed by atoms with Gasteiger partial charge in [-0.1, -0.05) is 6.92 Å². The second kappa shape index (κ2) is 6.76. The summed E-state index contributed by atoms with van der Waals surface area (Å²) in [6, 6.07) is 2.63. The Kier molecular flexibility index (Phi) is 5.00. The second-order valence-corrected chi connectivity index (χ2v) is 7.36. The van der Waals surface area contributed by atoms with Crippen LogP contribution in [0.1, 0.15) is 51.9 Å². The highest BCUT2D eigenvalue weighted by Gasteiger charge is 2.40. The van der Waals surface area contributed by atoms with E-state index in [-0.39, 0.29) is 0 Å². The summed E-state index contributed by atoms with van der Waals surface area (Å²) in [4.78, 5) is 5.54. The lowest BCUT2D eigenvalue weighted by Gasteiger charge is -2.43. The molecule has 116 valence electrons. The molecule has 3 aliphatic heterocycles. The van der Waals surface area contributed by atoms with E-state index in [4.69, 9.17) is 0 Å². The minimum absolute atomic E-state index is 0.874. The zero-order chi connectivity index (χ0) is 13.9. The van der Waals surface area contributed by atoms with Gasteiger partial charge in [0.1, 0.15) is 0 Å². The van der Waals surface area contributed by atoms with Crippen molar-refractivity contribution in [3.05, 3.63) is 0 Å². The SMILES string of the molecule is CCCN(CC1CCNCC1)C1CC2CCC(C1)N2C. The van der Waals surface area contributed by atoms with Gasteiger partial charge < -0.3 is 15.1 Å². The zero-order valence-corrected chi connectivity index (χ0v) is 13.5. The summed E-state index contributed by atoms with van der Waals surface area (Å²) in [5.41, 5.74) is 0. The number of nitrogens with one attached hydrogen (secondary N) is 1. The maximum atomic E-state index is 3.50. The third kappa shape index (κ3) is 3.20. The maximum absolute atomic E-state index is 3.50. The Hall–Kier alpha value is -0.120. The van der Waals surface area contributed by atoms with Gasteiger partial charge >= 0.3 is 0 Å². The second-order valence-electron chi connectivity index (χ2n) is 7.36. The molecule has 0 aromatic heterocycles. The first-order valence-corrected chi connectivity index (χ1v) is 8.94. The van der Waals surface area contributed by atoms with Crippen LogP contribution in [0.25, 0.3) is 0 Å². The van der Waals surface area contributed by atoms with Crippen LogP contribution in [0.2, 0.25) is 0 Å². The van der Waals surface area contributed by atoms with Gasteiger partial charge in [0.15, 0.2) is 0 Å². The smallest absolute Gasteiger partial charge is 0.0125 e. The first-order chi connectivity index (χ1) is 9.78. The Morgan fingerprint density at radius 2 is 1.70 bits per heavy atom. The highest BCUT2D eigenvalue weighted by molar-refractivity contribution is 4.97. The van der Waals surface area contributed by atoms with Gasteiger partial charge in [-0.15, -0.1) is 0 Å². The van der Waals surface area contributed by atoms with Crippen molar-refractivity contribution in [1.82, 2.24) is 15.1 Å². The van der Waals surface area contributed by atoms with Gasteiger partial charge in [0, 0.05) is 24.7 Å². The summed E-state index contributed by atoms with van der Waals surface area (Å²) < 4.78 is 0. The number of hydrogen-bond acceptors (Lipinski definition) is 3. The van der Waals surface area contributed by atoms with Crippen LogP contribution >= 0.6 is 0 Å². The van der Waals surface area contributed by atoms with Crippen LogP contribution in [-0.4, -0.2) is 61.2 Å². The molecule has 20 heavy (non-hydrogen) atoms. The van der Waals surface area contributed by atoms with Crippen molar-refractivity contribution in [2.75, 3.05) is 33.2 Å². The summed E-state index contributed by atoms with van der Waals surface area (Å²) in [5, 5.41) is 3.50. The molecule has 3 aliphatic rings. The van der Waals surface area contributed by atoms with Crippen LogP contribution in [-0.2, 0) is 0 Å². The van der Waals surface area contributed by atoms with Gasteiger partial charge in [0.05, 0.1) is 0 Å². The predicted octanol–water partition coefficient (Wildman–Crippen LogP) is 2.32. The molecule has 3 rings (SSSR count). The molecule has 0 spiro atoms.